The maximum absolute atomic E-state index is 12.2. The summed E-state index contributed by atoms with van der Waals surface area (Å²) in [5.74, 6) is -0.609. The van der Waals surface area contributed by atoms with Gasteiger partial charge in [-0.05, 0) is 44.5 Å². The largest absolute Gasteiger partial charge is 0.490 e. The molecule has 1 amide bonds. The first-order chi connectivity index (χ1) is 18.7. The van der Waals surface area contributed by atoms with Gasteiger partial charge in [0.05, 0.1) is 11.8 Å². The van der Waals surface area contributed by atoms with Gasteiger partial charge in [-0.2, -0.15) is 0 Å². The van der Waals surface area contributed by atoms with Crippen molar-refractivity contribution in [3.63, 3.8) is 0 Å². The molecule has 9 heteroatoms. The van der Waals surface area contributed by atoms with Gasteiger partial charge in [-0.25, -0.2) is 4.98 Å². The zero-order chi connectivity index (χ0) is 29.2. The van der Waals surface area contributed by atoms with Crippen LogP contribution in [0.15, 0.2) is 58.9 Å². The molecule has 3 N–H and O–H groups in total. The molecule has 212 valence electrons. The summed E-state index contributed by atoms with van der Waals surface area (Å²) in [6.45, 7) is 12.4. The summed E-state index contributed by atoms with van der Waals surface area (Å²) in [7, 11) is 0. The molecule has 0 radical (unpaired) electrons. The number of hydrogen-bond acceptors (Lipinski definition) is 6. The number of aromatic nitrogens is 2. The minimum Gasteiger partial charge on any atom is -0.490 e. The third-order valence-corrected chi connectivity index (χ3v) is 8.58. The van der Waals surface area contributed by atoms with Gasteiger partial charge in [0.25, 0.3) is 0 Å². The number of rotatable bonds is 11. The molecule has 2 heterocycles. The molecule has 0 spiro atoms. The van der Waals surface area contributed by atoms with E-state index in [-0.39, 0.29) is 17.3 Å². The quantitative estimate of drug-likeness (QED) is 0.185. The van der Waals surface area contributed by atoms with Crippen molar-refractivity contribution in [1.29, 1.82) is 0 Å². The van der Waals surface area contributed by atoms with Crippen LogP contribution in [0.3, 0.4) is 0 Å². The van der Waals surface area contributed by atoms with E-state index in [9.17, 15) is 14.7 Å². The molecule has 7 nitrogen and oxygen atoms in total. The fraction of sp³-hybridized carbons (Fsp3) is 0.387. The van der Waals surface area contributed by atoms with Crippen molar-refractivity contribution in [2.75, 3.05) is 0 Å². The minimum atomic E-state index is -0.969. The Hall–Kier alpha value is -3.30. The number of primary amides is 1. The summed E-state index contributed by atoms with van der Waals surface area (Å²) in [5, 5.41) is 14.0. The molecule has 0 bridgehead atoms. The van der Waals surface area contributed by atoms with Crippen molar-refractivity contribution in [3.8, 4) is 16.3 Å². The number of aliphatic carboxylic acids is 1. The highest BCUT2D eigenvalue weighted by Gasteiger charge is 2.33. The Morgan fingerprint density at radius 3 is 2.40 bits per heavy atom. The lowest BCUT2D eigenvalue weighted by Crippen LogP contribution is -2.28. The van der Waals surface area contributed by atoms with Crippen LogP contribution >= 0.6 is 23.1 Å². The van der Waals surface area contributed by atoms with E-state index in [1.807, 2.05) is 30.5 Å². The SMILES string of the molecule is CC(CC(N)=O)Oc1ccc2c(c1)c(SC(C)(C)C)c(CC(C)(C)C(=O)O)n2Cc1ccc(-c2nccs2)cc1. The van der Waals surface area contributed by atoms with E-state index in [2.05, 4.69) is 54.6 Å². The fourth-order valence-corrected chi connectivity index (χ4v) is 6.39. The number of amides is 1. The van der Waals surface area contributed by atoms with E-state index in [4.69, 9.17) is 10.5 Å². The number of thiazole rings is 1. The number of hydrogen-bond donors (Lipinski definition) is 2. The van der Waals surface area contributed by atoms with Crippen LogP contribution in [0.1, 0.15) is 59.2 Å². The average Bonchev–Trinajstić information content (AvgIpc) is 3.47. The van der Waals surface area contributed by atoms with E-state index >= 15 is 0 Å². The Bertz CT molecular complexity index is 1500. The molecular weight excluding hydrogens is 542 g/mol. The molecule has 0 aliphatic heterocycles. The van der Waals surface area contributed by atoms with Gasteiger partial charge < -0.3 is 20.1 Å². The topological polar surface area (TPSA) is 107 Å². The monoisotopic (exact) mass is 579 g/mol. The summed E-state index contributed by atoms with van der Waals surface area (Å²) >= 11 is 3.33. The van der Waals surface area contributed by atoms with E-state index in [0.29, 0.717) is 18.7 Å². The van der Waals surface area contributed by atoms with Crippen LogP contribution < -0.4 is 10.5 Å². The Morgan fingerprint density at radius 2 is 1.82 bits per heavy atom. The normalized spacial score (nSPS) is 12.9. The molecule has 1 unspecified atom stereocenters. The molecule has 40 heavy (non-hydrogen) atoms. The lowest BCUT2D eigenvalue weighted by molar-refractivity contribution is -0.146. The van der Waals surface area contributed by atoms with Crippen LogP contribution in [-0.4, -0.2) is 37.4 Å². The zero-order valence-corrected chi connectivity index (χ0v) is 25.5. The van der Waals surface area contributed by atoms with E-state index in [0.717, 1.165) is 37.6 Å². The summed E-state index contributed by atoms with van der Waals surface area (Å²) in [5.41, 5.74) is 8.56. The van der Waals surface area contributed by atoms with Crippen molar-refractivity contribution in [2.45, 2.75) is 76.7 Å². The number of thioether (sulfide) groups is 1. The molecule has 1 atom stereocenters. The molecule has 0 saturated heterocycles. The third-order valence-electron chi connectivity index (χ3n) is 6.49. The fourth-order valence-electron chi connectivity index (χ4n) is 4.56. The minimum absolute atomic E-state index is 0.118. The molecule has 0 aliphatic rings. The van der Waals surface area contributed by atoms with Crippen LogP contribution in [0, 0.1) is 5.41 Å². The Morgan fingerprint density at radius 1 is 1.12 bits per heavy atom. The number of nitrogens with zero attached hydrogens (tertiary/aromatic N) is 2. The summed E-state index contributed by atoms with van der Waals surface area (Å²) in [6.07, 6.45) is 1.92. The predicted molar refractivity (Wildman–Crippen MR) is 163 cm³/mol. The summed E-state index contributed by atoms with van der Waals surface area (Å²) in [6, 6.07) is 14.3. The number of nitrogens with two attached hydrogens (primary N) is 1. The standard InChI is InChI=1S/C31H37N3O4S2/c1-19(15-26(32)35)38-22-11-12-24-23(16-22)27(40-30(2,3)4)25(17-31(5,6)29(36)37)34(24)18-20-7-9-21(10-8-20)28-33-13-14-39-28/h7-14,16,19H,15,17-18H2,1-6H3,(H2,32,35)(H,36,37). The van der Waals surface area contributed by atoms with Crippen LogP contribution in [0.2, 0.25) is 0 Å². The lowest BCUT2D eigenvalue weighted by Gasteiger charge is -2.24. The van der Waals surface area contributed by atoms with Crippen molar-refractivity contribution in [2.24, 2.45) is 11.1 Å². The molecule has 4 aromatic rings. The first-order valence-corrected chi connectivity index (χ1v) is 14.9. The second-order valence-electron chi connectivity index (χ2n) is 11.8. The number of benzene rings is 2. The van der Waals surface area contributed by atoms with Gasteiger partial charge in [0.1, 0.15) is 16.9 Å². The number of carboxylic acids is 1. The van der Waals surface area contributed by atoms with Gasteiger partial charge in [-0.3, -0.25) is 9.59 Å². The number of carbonyl (C=O) groups excluding carboxylic acids is 1. The van der Waals surface area contributed by atoms with Crippen LogP contribution in [0.4, 0.5) is 0 Å². The van der Waals surface area contributed by atoms with Gasteiger partial charge in [-0.1, -0.05) is 45.0 Å². The summed E-state index contributed by atoms with van der Waals surface area (Å²) in [4.78, 5) is 29.1. The van der Waals surface area contributed by atoms with Gasteiger partial charge in [-0.15, -0.1) is 23.1 Å². The number of ether oxygens (including phenoxy) is 1. The highest BCUT2D eigenvalue weighted by molar-refractivity contribution is 8.00. The number of fused-ring (bicyclic) bond motifs is 1. The molecule has 2 aromatic heterocycles. The van der Waals surface area contributed by atoms with Gasteiger partial charge in [0, 0.05) is 56.3 Å². The van der Waals surface area contributed by atoms with Crippen molar-refractivity contribution in [3.05, 3.63) is 65.3 Å². The molecule has 0 saturated carbocycles. The van der Waals surface area contributed by atoms with Crippen LogP contribution in [0.5, 0.6) is 5.75 Å². The molecule has 4 rings (SSSR count). The van der Waals surface area contributed by atoms with Crippen LogP contribution in [0.25, 0.3) is 21.5 Å². The first kappa shape index (κ1) is 29.7. The molecule has 2 aromatic carbocycles. The van der Waals surface area contributed by atoms with E-state index in [1.54, 1.807) is 43.1 Å². The van der Waals surface area contributed by atoms with Gasteiger partial charge >= 0.3 is 5.97 Å². The molecule has 0 fully saturated rings. The van der Waals surface area contributed by atoms with Gasteiger partial charge in [0.2, 0.25) is 5.91 Å². The zero-order valence-electron chi connectivity index (χ0n) is 23.9. The average molecular weight is 580 g/mol. The second-order valence-corrected chi connectivity index (χ2v) is 14.5. The van der Waals surface area contributed by atoms with E-state index in [1.165, 1.54) is 0 Å². The number of carboxylic acid groups (broad SMARTS) is 1. The lowest BCUT2D eigenvalue weighted by atomic mass is 9.88. The van der Waals surface area contributed by atoms with Crippen molar-refractivity contribution < 1.29 is 19.4 Å². The maximum Gasteiger partial charge on any atom is 0.309 e. The van der Waals surface area contributed by atoms with E-state index < -0.39 is 17.3 Å². The smallest absolute Gasteiger partial charge is 0.309 e. The Balaban J connectivity index is 1.85. The summed E-state index contributed by atoms with van der Waals surface area (Å²) < 4.78 is 8.18. The van der Waals surface area contributed by atoms with Gasteiger partial charge in [0.15, 0.2) is 0 Å². The third kappa shape index (κ3) is 7.06. The number of carbonyl (C=O) groups is 2. The highest BCUT2D eigenvalue weighted by atomic mass is 32.2. The second kappa shape index (κ2) is 11.7. The highest BCUT2D eigenvalue weighted by Crippen LogP contribution is 2.44. The predicted octanol–water partition coefficient (Wildman–Crippen LogP) is 7.00. The van der Waals surface area contributed by atoms with Crippen molar-refractivity contribution in [1.82, 2.24) is 9.55 Å². The molecule has 0 aliphatic carbocycles. The Labute approximate surface area is 243 Å². The van der Waals surface area contributed by atoms with Crippen LogP contribution in [-0.2, 0) is 22.6 Å². The first-order valence-electron chi connectivity index (χ1n) is 13.2. The maximum atomic E-state index is 12.2. The Kier molecular flexibility index (Phi) is 8.66. The molecular formula is C31H37N3O4S2. The van der Waals surface area contributed by atoms with Crippen molar-refractivity contribution >= 4 is 45.9 Å².